The smallest absolute Gasteiger partial charge is 0.220 e. The number of nitrogens with one attached hydrogen (secondary N) is 1. The van der Waals surface area contributed by atoms with Crippen molar-refractivity contribution in [2.45, 2.75) is 64.8 Å². The fourth-order valence-corrected chi connectivity index (χ4v) is 2.45. The van der Waals surface area contributed by atoms with Crippen LogP contribution in [0.25, 0.3) is 0 Å². The molecular formula is C18H30N2O. The Hall–Kier alpha value is -1.35. The largest absolute Gasteiger partial charge is 0.349 e. The summed E-state index contributed by atoms with van der Waals surface area (Å²) in [6.07, 6.45) is 3.03. The molecule has 0 spiro atoms. The average Bonchev–Trinajstić information content (AvgIpc) is 2.51. The molecule has 0 unspecified atom stereocenters. The monoisotopic (exact) mass is 290 g/mol. The number of carbonyl (C=O) groups is 1. The minimum atomic E-state index is -0.238. The van der Waals surface area contributed by atoms with E-state index in [2.05, 4.69) is 57.3 Å². The third-order valence-electron chi connectivity index (χ3n) is 4.44. The van der Waals surface area contributed by atoms with Gasteiger partial charge >= 0.3 is 0 Å². The van der Waals surface area contributed by atoms with E-state index >= 15 is 0 Å². The molecule has 0 aliphatic rings. The predicted molar refractivity (Wildman–Crippen MR) is 89.4 cm³/mol. The van der Waals surface area contributed by atoms with E-state index in [9.17, 15) is 4.79 Å². The standard InChI is InChI=1S/C18H30N2O/c1-5-18(6-2,13-19)20-17(21)12-9-15-7-10-16(11-8-15)14(3)4/h7-8,10-11,14H,5-6,9,12-13,19H2,1-4H3,(H,20,21). The van der Waals surface area contributed by atoms with Crippen LogP contribution in [0.1, 0.15) is 64.0 Å². The molecule has 3 heteroatoms. The SMILES string of the molecule is CCC(CC)(CN)NC(=O)CCc1ccc(C(C)C)cc1. The van der Waals surface area contributed by atoms with Gasteiger partial charge < -0.3 is 11.1 Å². The molecule has 1 aromatic rings. The maximum atomic E-state index is 12.1. The van der Waals surface area contributed by atoms with Gasteiger partial charge in [-0.05, 0) is 36.3 Å². The molecule has 0 atom stereocenters. The first-order valence-electron chi connectivity index (χ1n) is 8.06. The molecule has 1 rings (SSSR count). The normalized spacial score (nSPS) is 11.7. The van der Waals surface area contributed by atoms with Crippen molar-refractivity contribution in [3.63, 3.8) is 0 Å². The van der Waals surface area contributed by atoms with E-state index in [-0.39, 0.29) is 11.4 Å². The summed E-state index contributed by atoms with van der Waals surface area (Å²) in [5, 5.41) is 3.12. The second kappa shape index (κ2) is 8.18. The minimum Gasteiger partial charge on any atom is -0.349 e. The van der Waals surface area contributed by atoms with Gasteiger partial charge in [0.15, 0.2) is 0 Å². The Kier molecular flexibility index (Phi) is 6.90. The van der Waals surface area contributed by atoms with Crippen molar-refractivity contribution in [2.24, 2.45) is 5.73 Å². The molecule has 0 aromatic heterocycles. The lowest BCUT2D eigenvalue weighted by molar-refractivity contribution is -0.123. The van der Waals surface area contributed by atoms with Crippen LogP contribution in [-0.2, 0) is 11.2 Å². The van der Waals surface area contributed by atoms with Gasteiger partial charge in [0.2, 0.25) is 5.91 Å². The Labute approximate surface area is 129 Å². The van der Waals surface area contributed by atoms with Gasteiger partial charge in [-0.25, -0.2) is 0 Å². The number of rotatable bonds is 8. The third-order valence-corrected chi connectivity index (χ3v) is 4.44. The highest BCUT2D eigenvalue weighted by Gasteiger charge is 2.25. The molecule has 118 valence electrons. The first kappa shape index (κ1) is 17.7. The molecule has 0 aliphatic carbocycles. The van der Waals surface area contributed by atoms with Crippen LogP contribution in [0.5, 0.6) is 0 Å². The fourth-order valence-electron chi connectivity index (χ4n) is 2.45. The molecule has 3 N–H and O–H groups in total. The predicted octanol–water partition coefficient (Wildman–Crippen LogP) is 3.38. The first-order chi connectivity index (χ1) is 9.96. The number of benzene rings is 1. The molecule has 0 bridgehead atoms. The number of nitrogens with two attached hydrogens (primary N) is 1. The number of hydrogen-bond acceptors (Lipinski definition) is 2. The molecule has 0 fully saturated rings. The van der Waals surface area contributed by atoms with Crippen LogP contribution >= 0.6 is 0 Å². The molecule has 3 nitrogen and oxygen atoms in total. The van der Waals surface area contributed by atoms with E-state index in [4.69, 9.17) is 5.73 Å². The van der Waals surface area contributed by atoms with E-state index < -0.39 is 0 Å². The van der Waals surface area contributed by atoms with Crippen molar-refractivity contribution in [1.82, 2.24) is 5.32 Å². The van der Waals surface area contributed by atoms with Crippen molar-refractivity contribution in [3.8, 4) is 0 Å². The molecule has 1 aromatic carbocycles. The molecule has 0 aliphatic heterocycles. The maximum absolute atomic E-state index is 12.1. The summed E-state index contributed by atoms with van der Waals surface area (Å²) in [4.78, 5) is 12.1. The highest BCUT2D eigenvalue weighted by Crippen LogP contribution is 2.16. The van der Waals surface area contributed by atoms with Crippen LogP contribution < -0.4 is 11.1 Å². The Morgan fingerprint density at radius 1 is 1.19 bits per heavy atom. The van der Waals surface area contributed by atoms with Crippen molar-refractivity contribution >= 4 is 5.91 Å². The van der Waals surface area contributed by atoms with Gasteiger partial charge in [0.05, 0.1) is 5.54 Å². The summed E-state index contributed by atoms with van der Waals surface area (Å²) >= 11 is 0. The number of amides is 1. The van der Waals surface area contributed by atoms with Gasteiger partial charge in [0.1, 0.15) is 0 Å². The van der Waals surface area contributed by atoms with E-state index in [0.29, 0.717) is 18.9 Å². The van der Waals surface area contributed by atoms with Gasteiger partial charge in [-0.3, -0.25) is 4.79 Å². The molecule has 0 saturated carbocycles. The minimum absolute atomic E-state index is 0.0945. The topological polar surface area (TPSA) is 55.1 Å². The van der Waals surface area contributed by atoms with Crippen molar-refractivity contribution in [1.29, 1.82) is 0 Å². The Balaban J connectivity index is 2.53. The van der Waals surface area contributed by atoms with Crippen LogP contribution in [-0.4, -0.2) is 18.0 Å². The lowest BCUT2D eigenvalue weighted by atomic mass is 9.92. The quantitative estimate of drug-likeness (QED) is 0.771. The zero-order chi connectivity index (χ0) is 15.9. The first-order valence-corrected chi connectivity index (χ1v) is 8.06. The molecule has 21 heavy (non-hydrogen) atoms. The third kappa shape index (κ3) is 5.16. The molecular weight excluding hydrogens is 260 g/mol. The highest BCUT2D eigenvalue weighted by molar-refractivity contribution is 5.77. The fraction of sp³-hybridized carbons (Fsp3) is 0.611. The number of carbonyl (C=O) groups excluding carboxylic acids is 1. The summed E-state index contributed by atoms with van der Waals surface area (Å²) < 4.78 is 0. The maximum Gasteiger partial charge on any atom is 0.220 e. The van der Waals surface area contributed by atoms with Crippen LogP contribution in [0.2, 0.25) is 0 Å². The van der Waals surface area contributed by atoms with E-state index in [1.807, 2.05) is 0 Å². The summed E-state index contributed by atoms with van der Waals surface area (Å²) in [5.74, 6) is 0.638. The van der Waals surface area contributed by atoms with E-state index in [1.165, 1.54) is 11.1 Å². The van der Waals surface area contributed by atoms with Crippen molar-refractivity contribution in [2.75, 3.05) is 6.54 Å². The lowest BCUT2D eigenvalue weighted by Crippen LogP contribution is -2.52. The second-order valence-electron chi connectivity index (χ2n) is 6.14. The van der Waals surface area contributed by atoms with Crippen LogP contribution in [0, 0.1) is 0 Å². The summed E-state index contributed by atoms with van der Waals surface area (Å²) in [7, 11) is 0. The Morgan fingerprint density at radius 3 is 2.19 bits per heavy atom. The zero-order valence-electron chi connectivity index (χ0n) is 13.9. The van der Waals surface area contributed by atoms with E-state index in [1.54, 1.807) is 0 Å². The molecule has 0 saturated heterocycles. The summed E-state index contributed by atoms with van der Waals surface area (Å²) in [5.41, 5.74) is 8.12. The molecule has 0 radical (unpaired) electrons. The van der Waals surface area contributed by atoms with Gasteiger partial charge in [-0.2, -0.15) is 0 Å². The van der Waals surface area contributed by atoms with Gasteiger partial charge in [0.25, 0.3) is 0 Å². The van der Waals surface area contributed by atoms with E-state index in [0.717, 1.165) is 19.3 Å². The van der Waals surface area contributed by atoms with Crippen LogP contribution in [0.4, 0.5) is 0 Å². The Morgan fingerprint density at radius 2 is 1.76 bits per heavy atom. The molecule has 0 heterocycles. The number of aryl methyl sites for hydroxylation is 1. The van der Waals surface area contributed by atoms with Crippen molar-refractivity contribution in [3.05, 3.63) is 35.4 Å². The molecule has 1 amide bonds. The summed E-state index contributed by atoms with van der Waals surface area (Å²) in [6, 6.07) is 8.55. The highest BCUT2D eigenvalue weighted by atomic mass is 16.1. The van der Waals surface area contributed by atoms with Crippen LogP contribution in [0.15, 0.2) is 24.3 Å². The average molecular weight is 290 g/mol. The lowest BCUT2D eigenvalue weighted by Gasteiger charge is -2.31. The van der Waals surface area contributed by atoms with Crippen molar-refractivity contribution < 1.29 is 4.79 Å². The summed E-state index contributed by atoms with van der Waals surface area (Å²) in [6.45, 7) is 9.01. The van der Waals surface area contributed by atoms with Gasteiger partial charge in [-0.1, -0.05) is 52.0 Å². The number of hydrogen-bond donors (Lipinski definition) is 2. The van der Waals surface area contributed by atoms with Crippen LogP contribution in [0.3, 0.4) is 0 Å². The Bertz CT molecular complexity index is 425. The zero-order valence-corrected chi connectivity index (χ0v) is 13.9. The van der Waals surface area contributed by atoms with Gasteiger partial charge in [0, 0.05) is 13.0 Å². The van der Waals surface area contributed by atoms with Gasteiger partial charge in [-0.15, -0.1) is 0 Å². The second-order valence-corrected chi connectivity index (χ2v) is 6.14.